The Balaban J connectivity index is 2.26. The number of aliphatic hydroxyl groups is 2. The van der Waals surface area contributed by atoms with E-state index in [1.54, 1.807) is 0 Å². The number of allylic oxidation sites excluding steroid dienone is 3. The molecule has 0 saturated carbocycles. The summed E-state index contributed by atoms with van der Waals surface area (Å²) < 4.78 is 0. The van der Waals surface area contributed by atoms with Gasteiger partial charge in [0.15, 0.2) is 0 Å². The standard InChI is InChI=1S/C14H12O2/c15-13-9-5-1-2-6-10(9)14(16)12-8-4-3-7-11(12)13/h1-9,13,15-16H. The Bertz CT molecular complexity index is 523. The summed E-state index contributed by atoms with van der Waals surface area (Å²) in [5.74, 6) is 0.159. The summed E-state index contributed by atoms with van der Waals surface area (Å²) in [7, 11) is 0. The fraction of sp³-hybridized carbons (Fsp3) is 0.143. The topological polar surface area (TPSA) is 40.5 Å². The molecule has 0 heterocycles. The van der Waals surface area contributed by atoms with Gasteiger partial charge in [-0.05, 0) is 5.56 Å². The van der Waals surface area contributed by atoms with E-state index in [2.05, 4.69) is 0 Å². The predicted octanol–water partition coefficient (Wildman–Crippen LogP) is 2.74. The second kappa shape index (κ2) is 3.35. The lowest BCUT2D eigenvalue weighted by Gasteiger charge is -2.30. The van der Waals surface area contributed by atoms with Crippen LogP contribution in [0.25, 0.3) is 5.76 Å². The molecule has 0 aromatic heterocycles. The van der Waals surface area contributed by atoms with Crippen molar-refractivity contribution in [1.29, 1.82) is 0 Å². The van der Waals surface area contributed by atoms with Gasteiger partial charge in [0.05, 0.1) is 6.10 Å². The zero-order valence-corrected chi connectivity index (χ0v) is 8.67. The number of benzene rings is 1. The number of rotatable bonds is 0. The van der Waals surface area contributed by atoms with Crippen molar-refractivity contribution in [3.8, 4) is 0 Å². The maximum Gasteiger partial charge on any atom is 0.127 e. The van der Waals surface area contributed by atoms with Crippen molar-refractivity contribution >= 4 is 5.76 Å². The Morgan fingerprint density at radius 1 is 1.06 bits per heavy atom. The SMILES string of the molecule is OC1=C2C=CC=CC2C(O)c2ccccc21. The normalized spacial score (nSPS) is 26.6. The van der Waals surface area contributed by atoms with E-state index >= 15 is 0 Å². The molecule has 0 saturated heterocycles. The molecule has 0 aliphatic heterocycles. The van der Waals surface area contributed by atoms with Crippen LogP contribution in [-0.4, -0.2) is 10.2 Å². The van der Waals surface area contributed by atoms with Crippen LogP contribution in [0, 0.1) is 5.92 Å². The molecule has 0 bridgehead atoms. The number of aliphatic hydroxyl groups excluding tert-OH is 2. The third-order valence-electron chi connectivity index (χ3n) is 3.21. The molecule has 0 fully saturated rings. The average Bonchev–Trinajstić information content (AvgIpc) is 2.36. The molecule has 16 heavy (non-hydrogen) atoms. The Hall–Kier alpha value is -1.80. The van der Waals surface area contributed by atoms with Gasteiger partial charge in [-0.2, -0.15) is 0 Å². The quantitative estimate of drug-likeness (QED) is 0.694. The molecule has 80 valence electrons. The first-order valence-corrected chi connectivity index (χ1v) is 5.34. The van der Waals surface area contributed by atoms with E-state index in [0.717, 1.165) is 16.7 Å². The first-order valence-electron chi connectivity index (χ1n) is 5.34. The summed E-state index contributed by atoms with van der Waals surface area (Å²) in [5, 5.41) is 20.4. The van der Waals surface area contributed by atoms with Gasteiger partial charge in [-0.3, -0.25) is 0 Å². The maximum atomic E-state index is 10.2. The van der Waals surface area contributed by atoms with Gasteiger partial charge in [-0.15, -0.1) is 0 Å². The lowest BCUT2D eigenvalue weighted by Crippen LogP contribution is -2.20. The molecule has 1 aromatic carbocycles. The summed E-state index contributed by atoms with van der Waals surface area (Å²) in [6, 6.07) is 7.44. The molecule has 0 radical (unpaired) electrons. The molecule has 0 amide bonds. The lowest BCUT2D eigenvalue weighted by atomic mass is 9.78. The van der Waals surface area contributed by atoms with E-state index in [1.165, 1.54) is 0 Å². The molecule has 2 N–H and O–H groups in total. The summed E-state index contributed by atoms with van der Waals surface area (Å²) in [6.45, 7) is 0. The minimum absolute atomic E-state index is 0.125. The molecule has 2 nitrogen and oxygen atoms in total. The summed E-state index contributed by atoms with van der Waals surface area (Å²) >= 11 is 0. The molecule has 0 spiro atoms. The van der Waals surface area contributed by atoms with Crippen molar-refractivity contribution < 1.29 is 10.2 Å². The molecule has 2 heteroatoms. The Labute approximate surface area is 93.9 Å². The number of hydrogen-bond donors (Lipinski definition) is 2. The molecule has 2 aliphatic carbocycles. The average molecular weight is 212 g/mol. The van der Waals surface area contributed by atoms with E-state index in [9.17, 15) is 10.2 Å². The predicted molar refractivity (Wildman–Crippen MR) is 62.7 cm³/mol. The second-order valence-electron chi connectivity index (χ2n) is 4.11. The molecule has 2 unspecified atom stereocenters. The monoisotopic (exact) mass is 212 g/mol. The zero-order chi connectivity index (χ0) is 11.1. The van der Waals surface area contributed by atoms with Crippen molar-refractivity contribution in [2.45, 2.75) is 6.10 Å². The fourth-order valence-electron chi connectivity index (χ4n) is 2.39. The van der Waals surface area contributed by atoms with Crippen LogP contribution >= 0.6 is 0 Å². The van der Waals surface area contributed by atoms with Crippen LogP contribution in [0.4, 0.5) is 0 Å². The Morgan fingerprint density at radius 2 is 1.88 bits per heavy atom. The summed E-state index contributed by atoms with van der Waals surface area (Å²) in [4.78, 5) is 0. The van der Waals surface area contributed by atoms with E-state index in [4.69, 9.17) is 0 Å². The minimum Gasteiger partial charge on any atom is -0.507 e. The van der Waals surface area contributed by atoms with Crippen molar-refractivity contribution in [1.82, 2.24) is 0 Å². The number of hydrogen-bond acceptors (Lipinski definition) is 2. The highest BCUT2D eigenvalue weighted by Crippen LogP contribution is 2.42. The van der Waals surface area contributed by atoms with Crippen molar-refractivity contribution in [2.24, 2.45) is 5.92 Å². The van der Waals surface area contributed by atoms with Crippen molar-refractivity contribution in [3.05, 3.63) is 65.3 Å². The highest BCUT2D eigenvalue weighted by atomic mass is 16.3. The second-order valence-corrected chi connectivity index (χ2v) is 4.11. The fourth-order valence-corrected chi connectivity index (χ4v) is 2.39. The van der Waals surface area contributed by atoms with Crippen LogP contribution < -0.4 is 0 Å². The minimum atomic E-state index is -0.566. The first kappa shape index (κ1) is 9.43. The lowest BCUT2D eigenvalue weighted by molar-refractivity contribution is 0.143. The molecular formula is C14H12O2. The van der Waals surface area contributed by atoms with Gasteiger partial charge >= 0.3 is 0 Å². The van der Waals surface area contributed by atoms with Gasteiger partial charge in [0.1, 0.15) is 5.76 Å². The maximum absolute atomic E-state index is 10.2. The molecular weight excluding hydrogens is 200 g/mol. The van der Waals surface area contributed by atoms with Gasteiger partial charge < -0.3 is 10.2 Å². The van der Waals surface area contributed by atoms with Gasteiger partial charge in [0, 0.05) is 17.1 Å². The van der Waals surface area contributed by atoms with E-state index < -0.39 is 6.10 Å². The molecule has 1 aromatic rings. The van der Waals surface area contributed by atoms with E-state index in [0.29, 0.717) is 0 Å². The molecule has 3 rings (SSSR count). The van der Waals surface area contributed by atoms with Gasteiger partial charge in [-0.1, -0.05) is 48.6 Å². The highest BCUT2D eigenvalue weighted by Gasteiger charge is 2.32. The van der Waals surface area contributed by atoms with Crippen LogP contribution in [0.1, 0.15) is 17.2 Å². The van der Waals surface area contributed by atoms with Gasteiger partial charge in [0.2, 0.25) is 0 Å². The van der Waals surface area contributed by atoms with Gasteiger partial charge in [-0.25, -0.2) is 0 Å². The third kappa shape index (κ3) is 1.17. The zero-order valence-electron chi connectivity index (χ0n) is 8.67. The summed E-state index contributed by atoms with van der Waals surface area (Å²) in [6.07, 6.45) is 7.00. The summed E-state index contributed by atoms with van der Waals surface area (Å²) in [5.41, 5.74) is 2.34. The number of fused-ring (bicyclic) bond motifs is 2. The van der Waals surface area contributed by atoms with Crippen LogP contribution in [0.2, 0.25) is 0 Å². The van der Waals surface area contributed by atoms with Crippen LogP contribution in [0.3, 0.4) is 0 Å². The van der Waals surface area contributed by atoms with Crippen LogP contribution in [0.15, 0.2) is 54.1 Å². The highest BCUT2D eigenvalue weighted by molar-refractivity contribution is 5.72. The van der Waals surface area contributed by atoms with Crippen molar-refractivity contribution in [3.63, 3.8) is 0 Å². The largest absolute Gasteiger partial charge is 0.507 e. The van der Waals surface area contributed by atoms with Crippen molar-refractivity contribution in [2.75, 3.05) is 0 Å². The third-order valence-corrected chi connectivity index (χ3v) is 3.21. The smallest absolute Gasteiger partial charge is 0.127 e. The van der Waals surface area contributed by atoms with Gasteiger partial charge in [0.25, 0.3) is 0 Å². The molecule has 2 atom stereocenters. The first-order chi connectivity index (χ1) is 7.79. The van der Waals surface area contributed by atoms with Crippen LogP contribution in [-0.2, 0) is 0 Å². The van der Waals surface area contributed by atoms with Crippen LogP contribution in [0.5, 0.6) is 0 Å². The van der Waals surface area contributed by atoms with E-state index in [-0.39, 0.29) is 11.7 Å². The van der Waals surface area contributed by atoms with E-state index in [1.807, 2.05) is 48.6 Å². The molecule has 2 aliphatic rings. The Morgan fingerprint density at radius 3 is 2.75 bits per heavy atom. The Kier molecular flexibility index (Phi) is 1.98.